The number of carboxylic acids is 1. The minimum atomic E-state index is -5.08. The number of ether oxygens (including phenoxy) is 1. The molecule has 1 aliphatic heterocycles. The van der Waals surface area contributed by atoms with Crippen LogP contribution in [0, 0.1) is 12.8 Å². The van der Waals surface area contributed by atoms with E-state index in [-0.39, 0.29) is 12.0 Å². The first-order chi connectivity index (χ1) is 14.6. The highest BCUT2D eigenvalue weighted by atomic mass is 19.4. The van der Waals surface area contributed by atoms with Crippen LogP contribution in [0.2, 0.25) is 0 Å². The Morgan fingerprint density at radius 2 is 1.97 bits per heavy atom. The summed E-state index contributed by atoms with van der Waals surface area (Å²) >= 11 is 0. The molecule has 0 saturated carbocycles. The number of carboxylic acid groups (broad SMARTS) is 1. The van der Waals surface area contributed by atoms with Gasteiger partial charge < -0.3 is 14.7 Å². The van der Waals surface area contributed by atoms with Crippen LogP contribution in [0.4, 0.5) is 13.2 Å². The Kier molecular flexibility index (Phi) is 8.56. The predicted molar refractivity (Wildman–Crippen MR) is 108 cm³/mol. The van der Waals surface area contributed by atoms with Crippen molar-refractivity contribution < 1.29 is 32.6 Å². The number of carbonyl (C=O) groups excluding carboxylic acids is 1. The Labute approximate surface area is 178 Å². The number of hydrogen-bond acceptors (Lipinski definition) is 4. The summed E-state index contributed by atoms with van der Waals surface area (Å²) in [5.41, 5.74) is 3.22. The van der Waals surface area contributed by atoms with Gasteiger partial charge in [-0.05, 0) is 37.5 Å². The first-order valence-corrected chi connectivity index (χ1v) is 9.69. The van der Waals surface area contributed by atoms with Gasteiger partial charge in [-0.15, -0.1) is 0 Å². The average Bonchev–Trinajstić information content (AvgIpc) is 2.73. The average molecular weight is 438 g/mol. The maximum atomic E-state index is 12.7. The van der Waals surface area contributed by atoms with Gasteiger partial charge in [-0.3, -0.25) is 9.78 Å². The SMILES string of the molecule is CO[C@H]1CCN(C(=O)c2cccnc2)C[C@@H]1Cc1cccc(C)c1.O=C(O)C(F)(F)F. The zero-order valence-corrected chi connectivity index (χ0v) is 17.3. The Balaban J connectivity index is 0.000000423. The van der Waals surface area contributed by atoms with Gasteiger partial charge in [0.2, 0.25) is 0 Å². The molecule has 1 fully saturated rings. The number of aryl methyl sites for hydroxylation is 1. The van der Waals surface area contributed by atoms with E-state index < -0.39 is 12.1 Å². The Morgan fingerprint density at radius 1 is 1.26 bits per heavy atom. The predicted octanol–water partition coefficient (Wildman–Crippen LogP) is 3.74. The lowest BCUT2D eigenvalue weighted by Gasteiger charge is -2.38. The zero-order valence-electron chi connectivity index (χ0n) is 17.3. The van der Waals surface area contributed by atoms with Crippen LogP contribution in [-0.4, -0.2) is 59.3 Å². The Hall–Kier alpha value is -2.94. The van der Waals surface area contributed by atoms with E-state index in [9.17, 15) is 18.0 Å². The molecule has 2 heterocycles. The number of nitrogens with zero attached hydrogens (tertiary/aromatic N) is 2. The molecule has 0 unspecified atom stereocenters. The highest BCUT2D eigenvalue weighted by Gasteiger charge is 2.38. The largest absolute Gasteiger partial charge is 0.490 e. The molecule has 1 saturated heterocycles. The van der Waals surface area contributed by atoms with Crippen LogP contribution in [0.15, 0.2) is 48.8 Å². The van der Waals surface area contributed by atoms with Crippen LogP contribution in [0.5, 0.6) is 0 Å². The number of methoxy groups -OCH3 is 1. The lowest BCUT2D eigenvalue weighted by atomic mass is 9.88. The van der Waals surface area contributed by atoms with Gasteiger partial charge in [0.1, 0.15) is 0 Å². The summed E-state index contributed by atoms with van der Waals surface area (Å²) in [4.78, 5) is 27.6. The maximum absolute atomic E-state index is 12.7. The number of halogens is 3. The van der Waals surface area contributed by atoms with E-state index >= 15 is 0 Å². The van der Waals surface area contributed by atoms with Crippen molar-refractivity contribution in [3.8, 4) is 0 Å². The molecule has 0 aliphatic carbocycles. The third-order valence-electron chi connectivity index (χ3n) is 4.99. The van der Waals surface area contributed by atoms with Crippen LogP contribution in [0.3, 0.4) is 0 Å². The molecule has 1 aliphatic rings. The summed E-state index contributed by atoms with van der Waals surface area (Å²) in [6, 6.07) is 12.2. The molecule has 0 radical (unpaired) electrons. The summed E-state index contributed by atoms with van der Waals surface area (Å²) in [7, 11) is 1.77. The molecule has 31 heavy (non-hydrogen) atoms. The molecular weight excluding hydrogens is 413 g/mol. The molecule has 2 atom stereocenters. The number of benzene rings is 1. The number of aliphatic carboxylic acids is 1. The highest BCUT2D eigenvalue weighted by molar-refractivity contribution is 5.93. The molecule has 1 aromatic heterocycles. The van der Waals surface area contributed by atoms with E-state index in [1.54, 1.807) is 25.6 Å². The van der Waals surface area contributed by atoms with E-state index in [2.05, 4.69) is 36.2 Å². The first-order valence-electron chi connectivity index (χ1n) is 9.69. The fourth-order valence-electron chi connectivity index (χ4n) is 3.52. The van der Waals surface area contributed by atoms with Gasteiger partial charge in [0, 0.05) is 38.5 Å². The van der Waals surface area contributed by atoms with Crippen molar-refractivity contribution in [1.29, 1.82) is 0 Å². The van der Waals surface area contributed by atoms with Crippen molar-refractivity contribution in [1.82, 2.24) is 9.88 Å². The second-order valence-corrected chi connectivity index (χ2v) is 7.31. The Bertz CT molecular complexity index is 875. The van der Waals surface area contributed by atoms with E-state index in [1.165, 1.54) is 11.1 Å². The van der Waals surface area contributed by atoms with Gasteiger partial charge in [0.15, 0.2) is 0 Å². The van der Waals surface area contributed by atoms with Crippen LogP contribution in [-0.2, 0) is 16.0 Å². The number of carbonyl (C=O) groups is 2. The van der Waals surface area contributed by atoms with Gasteiger partial charge >= 0.3 is 12.1 Å². The number of piperidine rings is 1. The molecule has 1 amide bonds. The molecule has 168 valence electrons. The van der Waals surface area contributed by atoms with Crippen molar-refractivity contribution in [2.45, 2.75) is 32.0 Å². The van der Waals surface area contributed by atoms with Gasteiger partial charge in [0.05, 0.1) is 11.7 Å². The number of aromatic nitrogens is 1. The lowest BCUT2D eigenvalue weighted by Crippen LogP contribution is -2.47. The molecule has 0 bridgehead atoms. The van der Waals surface area contributed by atoms with Crippen molar-refractivity contribution >= 4 is 11.9 Å². The second-order valence-electron chi connectivity index (χ2n) is 7.31. The molecule has 9 heteroatoms. The van der Waals surface area contributed by atoms with E-state index in [0.717, 1.165) is 25.9 Å². The third-order valence-corrected chi connectivity index (χ3v) is 4.99. The van der Waals surface area contributed by atoms with Crippen molar-refractivity contribution in [3.63, 3.8) is 0 Å². The summed E-state index contributed by atoms with van der Waals surface area (Å²) in [5, 5.41) is 7.12. The first kappa shape index (κ1) is 24.3. The number of amides is 1. The zero-order chi connectivity index (χ0) is 23.0. The maximum Gasteiger partial charge on any atom is 0.490 e. The van der Waals surface area contributed by atoms with E-state index in [1.807, 2.05) is 11.0 Å². The molecule has 1 N–H and O–H groups in total. The monoisotopic (exact) mass is 438 g/mol. The fraction of sp³-hybridized carbons (Fsp3) is 0.409. The van der Waals surface area contributed by atoms with Crippen molar-refractivity contribution in [2.75, 3.05) is 20.2 Å². The van der Waals surface area contributed by atoms with Crippen molar-refractivity contribution in [3.05, 3.63) is 65.5 Å². The smallest absolute Gasteiger partial charge is 0.475 e. The van der Waals surface area contributed by atoms with Crippen molar-refractivity contribution in [2.24, 2.45) is 5.92 Å². The molecule has 0 spiro atoms. The van der Waals surface area contributed by atoms with E-state index in [4.69, 9.17) is 14.6 Å². The fourth-order valence-corrected chi connectivity index (χ4v) is 3.52. The lowest BCUT2D eigenvalue weighted by molar-refractivity contribution is -0.192. The molecule has 3 rings (SSSR count). The van der Waals surface area contributed by atoms with Gasteiger partial charge in [-0.2, -0.15) is 13.2 Å². The number of rotatable bonds is 4. The number of alkyl halides is 3. The minimum absolute atomic E-state index is 0.0619. The number of hydrogen-bond donors (Lipinski definition) is 1. The van der Waals surface area contributed by atoms with Gasteiger partial charge in [-0.1, -0.05) is 29.8 Å². The Morgan fingerprint density at radius 3 is 2.52 bits per heavy atom. The number of pyridine rings is 1. The summed E-state index contributed by atoms with van der Waals surface area (Å²) in [6.07, 6.45) is 0.244. The van der Waals surface area contributed by atoms with Gasteiger partial charge in [0.25, 0.3) is 5.91 Å². The highest BCUT2D eigenvalue weighted by Crippen LogP contribution is 2.25. The van der Waals surface area contributed by atoms with Crippen LogP contribution >= 0.6 is 0 Å². The summed E-state index contributed by atoms with van der Waals surface area (Å²) < 4.78 is 37.4. The van der Waals surface area contributed by atoms with E-state index in [0.29, 0.717) is 11.5 Å². The molecule has 6 nitrogen and oxygen atoms in total. The quantitative estimate of drug-likeness (QED) is 0.787. The standard InChI is InChI=1S/C20H24N2O2.C2HF3O2/c1-15-5-3-6-16(11-15)12-18-14-22(10-8-19(18)24-2)20(23)17-7-4-9-21-13-17;3-2(4,5)1(6)7/h3-7,9,11,13,18-19H,8,10,12,14H2,1-2H3;(H,6,7)/t18-,19-;/m0./s1. The van der Waals surface area contributed by atoms with Crippen LogP contribution in [0.25, 0.3) is 0 Å². The summed E-state index contributed by atoms with van der Waals surface area (Å²) in [5.74, 6) is -2.38. The third kappa shape index (κ3) is 7.36. The molecule has 1 aromatic carbocycles. The second kappa shape index (κ2) is 10.9. The summed E-state index contributed by atoms with van der Waals surface area (Å²) in [6.45, 7) is 3.56. The van der Waals surface area contributed by atoms with Crippen LogP contribution in [0.1, 0.15) is 27.9 Å². The molecular formula is C22H25F3N2O4. The number of likely N-dealkylation sites (tertiary alicyclic amines) is 1. The minimum Gasteiger partial charge on any atom is -0.475 e. The topological polar surface area (TPSA) is 79.7 Å². The van der Waals surface area contributed by atoms with Gasteiger partial charge in [-0.25, -0.2) is 4.79 Å². The van der Waals surface area contributed by atoms with Crippen LogP contribution < -0.4 is 0 Å². The normalized spacial score (nSPS) is 18.7. The molecule has 2 aromatic rings.